The van der Waals surface area contributed by atoms with Gasteiger partial charge in [0.05, 0.1) is 19.1 Å². The molecule has 0 saturated heterocycles. The number of ether oxygens (including phenoxy) is 2. The molecule has 29 heavy (non-hydrogen) atoms. The predicted octanol–water partition coefficient (Wildman–Crippen LogP) is 5.06. The Hall–Kier alpha value is -2.60. The van der Waals surface area contributed by atoms with E-state index in [4.69, 9.17) is 14.5 Å². The van der Waals surface area contributed by atoms with Crippen LogP contribution in [0, 0.1) is 19.8 Å². The molecule has 0 N–H and O–H groups in total. The summed E-state index contributed by atoms with van der Waals surface area (Å²) in [6.45, 7) is 9.60. The standard InChI is InChI=1S/C23H26N2O3S/c1-13(2)12-28-18-7-6-16(11-19(18)27-5)10-17-8-9-25-21(17)24-22-20(23(25)26)14(3)15(4)29-22/h6-7,10-11,13H,8-9,12H2,1-5H3/b17-10+. The summed E-state index contributed by atoms with van der Waals surface area (Å²) in [5.74, 6) is 2.68. The lowest BCUT2D eigenvalue weighted by atomic mass is 10.1. The first kappa shape index (κ1) is 19.7. The number of fused-ring (bicyclic) bond motifs is 2. The maximum Gasteiger partial charge on any atom is 0.262 e. The molecule has 0 fully saturated rings. The van der Waals surface area contributed by atoms with Crippen LogP contribution in [0.3, 0.4) is 0 Å². The van der Waals surface area contributed by atoms with Crippen molar-refractivity contribution < 1.29 is 9.47 Å². The lowest BCUT2D eigenvalue weighted by Gasteiger charge is -2.13. The van der Waals surface area contributed by atoms with Crippen LogP contribution in [0.15, 0.2) is 23.0 Å². The zero-order valence-corrected chi connectivity index (χ0v) is 18.4. The molecule has 0 aliphatic carbocycles. The van der Waals surface area contributed by atoms with Gasteiger partial charge >= 0.3 is 0 Å². The first-order chi connectivity index (χ1) is 13.9. The Bertz CT molecular complexity index is 1170. The van der Waals surface area contributed by atoms with Gasteiger partial charge in [-0.15, -0.1) is 11.3 Å². The second-order valence-corrected chi connectivity index (χ2v) is 9.09. The minimum absolute atomic E-state index is 0.0743. The van der Waals surface area contributed by atoms with Crippen LogP contribution in [-0.2, 0) is 6.54 Å². The van der Waals surface area contributed by atoms with E-state index in [9.17, 15) is 4.79 Å². The monoisotopic (exact) mass is 410 g/mol. The normalized spacial score (nSPS) is 14.8. The Morgan fingerprint density at radius 1 is 1.28 bits per heavy atom. The summed E-state index contributed by atoms with van der Waals surface area (Å²) in [6.07, 6.45) is 2.89. The SMILES string of the molecule is COc1cc(/C=C2\CCn3c2nc2sc(C)c(C)c2c3=O)ccc1OCC(C)C. The van der Waals surface area contributed by atoms with Crippen molar-refractivity contribution in [2.75, 3.05) is 13.7 Å². The van der Waals surface area contributed by atoms with Gasteiger partial charge in [-0.1, -0.05) is 19.9 Å². The molecule has 3 aromatic rings. The van der Waals surface area contributed by atoms with Gasteiger partial charge < -0.3 is 9.47 Å². The first-order valence-corrected chi connectivity index (χ1v) is 10.7. The highest BCUT2D eigenvalue weighted by Crippen LogP contribution is 2.34. The smallest absolute Gasteiger partial charge is 0.262 e. The molecule has 0 amide bonds. The van der Waals surface area contributed by atoms with Crippen LogP contribution >= 0.6 is 11.3 Å². The Balaban J connectivity index is 1.73. The third-order valence-corrected chi connectivity index (χ3v) is 6.38. The summed E-state index contributed by atoms with van der Waals surface area (Å²) in [5, 5.41) is 0.769. The van der Waals surface area contributed by atoms with E-state index in [-0.39, 0.29) is 5.56 Å². The molecule has 0 radical (unpaired) electrons. The third-order valence-electron chi connectivity index (χ3n) is 5.28. The minimum atomic E-state index is 0.0743. The van der Waals surface area contributed by atoms with Crippen molar-refractivity contribution in [3.8, 4) is 11.5 Å². The molecular formula is C23H26N2O3S. The molecule has 1 aliphatic heterocycles. The average Bonchev–Trinajstić information content (AvgIpc) is 3.22. The Morgan fingerprint density at radius 2 is 2.07 bits per heavy atom. The maximum absolute atomic E-state index is 13.0. The van der Waals surface area contributed by atoms with E-state index in [1.807, 2.05) is 36.6 Å². The third kappa shape index (κ3) is 3.57. The molecular weight excluding hydrogens is 384 g/mol. The van der Waals surface area contributed by atoms with Gasteiger partial charge in [0.15, 0.2) is 11.5 Å². The summed E-state index contributed by atoms with van der Waals surface area (Å²) >= 11 is 1.59. The minimum Gasteiger partial charge on any atom is -0.493 e. The first-order valence-electron chi connectivity index (χ1n) is 9.91. The molecule has 0 saturated carbocycles. The van der Waals surface area contributed by atoms with Crippen molar-refractivity contribution in [3.63, 3.8) is 0 Å². The summed E-state index contributed by atoms with van der Waals surface area (Å²) in [6, 6.07) is 5.93. The van der Waals surface area contributed by atoms with Gasteiger partial charge in [-0.05, 0) is 61.1 Å². The van der Waals surface area contributed by atoms with Crippen molar-refractivity contribution in [3.05, 3.63) is 50.4 Å². The van der Waals surface area contributed by atoms with Gasteiger partial charge in [0.1, 0.15) is 10.7 Å². The number of allylic oxidation sites excluding steroid dienone is 1. The zero-order chi connectivity index (χ0) is 20.7. The topological polar surface area (TPSA) is 53.4 Å². The fourth-order valence-electron chi connectivity index (χ4n) is 3.61. The number of aromatic nitrogens is 2. The summed E-state index contributed by atoms with van der Waals surface area (Å²) < 4.78 is 13.2. The van der Waals surface area contributed by atoms with Crippen LogP contribution in [0.25, 0.3) is 21.9 Å². The molecule has 0 spiro atoms. The second-order valence-electron chi connectivity index (χ2n) is 7.89. The Kier molecular flexibility index (Phi) is 5.21. The molecule has 0 bridgehead atoms. The fourth-order valence-corrected chi connectivity index (χ4v) is 4.63. The molecule has 2 aromatic heterocycles. The van der Waals surface area contributed by atoms with Crippen molar-refractivity contribution in [2.45, 2.75) is 40.7 Å². The number of aryl methyl sites for hydroxylation is 2. The highest BCUT2D eigenvalue weighted by molar-refractivity contribution is 7.18. The van der Waals surface area contributed by atoms with E-state index in [1.165, 1.54) is 0 Å². The van der Waals surface area contributed by atoms with Crippen molar-refractivity contribution in [1.82, 2.24) is 9.55 Å². The van der Waals surface area contributed by atoms with Crippen LogP contribution in [0.2, 0.25) is 0 Å². The second kappa shape index (κ2) is 7.67. The number of hydrogen-bond donors (Lipinski definition) is 0. The molecule has 5 nitrogen and oxygen atoms in total. The van der Waals surface area contributed by atoms with Gasteiger partial charge in [-0.3, -0.25) is 9.36 Å². The number of nitrogens with zero attached hydrogens (tertiary/aromatic N) is 2. The highest BCUT2D eigenvalue weighted by atomic mass is 32.1. The van der Waals surface area contributed by atoms with Gasteiger partial charge in [-0.2, -0.15) is 0 Å². The number of methoxy groups -OCH3 is 1. The average molecular weight is 411 g/mol. The summed E-state index contributed by atoms with van der Waals surface area (Å²) in [4.78, 5) is 19.8. The summed E-state index contributed by atoms with van der Waals surface area (Å²) in [7, 11) is 1.65. The molecule has 1 aromatic carbocycles. The predicted molar refractivity (Wildman–Crippen MR) is 119 cm³/mol. The van der Waals surface area contributed by atoms with E-state index in [2.05, 4.69) is 19.9 Å². The molecule has 6 heteroatoms. The van der Waals surface area contributed by atoms with Crippen LogP contribution in [-0.4, -0.2) is 23.3 Å². The largest absolute Gasteiger partial charge is 0.493 e. The van der Waals surface area contributed by atoms with Crippen molar-refractivity contribution >= 4 is 33.2 Å². The van der Waals surface area contributed by atoms with Gasteiger partial charge in [0.25, 0.3) is 5.56 Å². The molecule has 152 valence electrons. The highest BCUT2D eigenvalue weighted by Gasteiger charge is 2.23. The maximum atomic E-state index is 13.0. The van der Waals surface area contributed by atoms with E-state index in [0.717, 1.165) is 49.8 Å². The number of benzene rings is 1. The number of thiophene rings is 1. The number of hydrogen-bond acceptors (Lipinski definition) is 5. The van der Waals surface area contributed by atoms with Gasteiger partial charge in [0, 0.05) is 11.4 Å². The Labute approximate surface area is 174 Å². The molecule has 1 aliphatic rings. The van der Waals surface area contributed by atoms with Gasteiger partial charge in [-0.25, -0.2) is 4.98 Å². The van der Waals surface area contributed by atoms with Crippen LogP contribution in [0.1, 0.15) is 42.1 Å². The van der Waals surface area contributed by atoms with E-state index >= 15 is 0 Å². The van der Waals surface area contributed by atoms with E-state index in [1.54, 1.807) is 18.4 Å². The van der Waals surface area contributed by atoms with Crippen LogP contribution in [0.4, 0.5) is 0 Å². The van der Waals surface area contributed by atoms with Gasteiger partial charge in [0.2, 0.25) is 0 Å². The number of rotatable bonds is 5. The van der Waals surface area contributed by atoms with Crippen molar-refractivity contribution in [2.24, 2.45) is 5.92 Å². The quantitative estimate of drug-likeness (QED) is 0.590. The molecule has 0 unspecified atom stereocenters. The fraction of sp³-hybridized carbons (Fsp3) is 0.391. The van der Waals surface area contributed by atoms with Crippen LogP contribution < -0.4 is 15.0 Å². The molecule has 3 heterocycles. The summed E-state index contributed by atoms with van der Waals surface area (Å²) in [5.41, 5.74) is 3.21. The molecule has 0 atom stereocenters. The van der Waals surface area contributed by atoms with E-state index < -0.39 is 0 Å². The van der Waals surface area contributed by atoms with Crippen LogP contribution in [0.5, 0.6) is 11.5 Å². The lowest BCUT2D eigenvalue weighted by Crippen LogP contribution is -2.20. The Morgan fingerprint density at radius 3 is 2.79 bits per heavy atom. The lowest BCUT2D eigenvalue weighted by molar-refractivity contribution is 0.257. The zero-order valence-electron chi connectivity index (χ0n) is 17.5. The van der Waals surface area contributed by atoms with E-state index in [0.29, 0.717) is 24.8 Å². The molecule has 4 rings (SSSR count). The van der Waals surface area contributed by atoms with Crippen molar-refractivity contribution in [1.29, 1.82) is 0 Å².